The van der Waals surface area contributed by atoms with Gasteiger partial charge in [-0.2, -0.15) is 10.1 Å². The van der Waals surface area contributed by atoms with Crippen molar-refractivity contribution in [2.75, 3.05) is 5.32 Å². The van der Waals surface area contributed by atoms with Gasteiger partial charge in [0.05, 0.1) is 5.70 Å². The van der Waals surface area contributed by atoms with Crippen LogP contribution in [0.15, 0.2) is 82.4 Å². The van der Waals surface area contributed by atoms with Crippen molar-refractivity contribution in [3.63, 3.8) is 0 Å². The largest absolute Gasteiger partial charge is 0.480 e. The maximum atomic E-state index is 6.55. The minimum atomic E-state index is -0.196. The van der Waals surface area contributed by atoms with Crippen molar-refractivity contribution < 1.29 is 4.74 Å². The molecular weight excluding hydrogens is 448 g/mol. The van der Waals surface area contributed by atoms with Gasteiger partial charge in [0.25, 0.3) is 0 Å². The third-order valence-electron chi connectivity index (χ3n) is 5.31. The van der Waals surface area contributed by atoms with Crippen LogP contribution in [0, 0.1) is 0 Å². The maximum absolute atomic E-state index is 6.55. The third kappa shape index (κ3) is 2.65. The molecule has 2 aromatic carbocycles. The summed E-state index contributed by atoms with van der Waals surface area (Å²) in [6.45, 7) is 0. The Morgan fingerprint density at radius 3 is 2.72 bits per heavy atom. The first-order chi connectivity index (χ1) is 14.3. The Morgan fingerprint density at radius 1 is 1.03 bits per heavy atom. The molecule has 0 aliphatic carbocycles. The zero-order chi connectivity index (χ0) is 19.4. The molecule has 4 aromatic rings. The summed E-state index contributed by atoms with van der Waals surface area (Å²) in [6.07, 6.45) is 1.40. The van der Waals surface area contributed by atoms with Gasteiger partial charge in [-0.05, 0) is 41.3 Å². The highest BCUT2D eigenvalue weighted by Crippen LogP contribution is 2.51. The van der Waals surface area contributed by atoms with E-state index in [4.69, 9.17) is 4.74 Å². The lowest BCUT2D eigenvalue weighted by Gasteiger charge is -2.38. The molecule has 2 aliphatic rings. The Morgan fingerprint density at radius 2 is 1.90 bits per heavy atom. The molecule has 0 amide bonds. The molecule has 5 nitrogen and oxygen atoms in total. The van der Waals surface area contributed by atoms with Gasteiger partial charge < -0.3 is 10.1 Å². The number of fused-ring (bicyclic) bond motifs is 3. The van der Waals surface area contributed by atoms with Gasteiger partial charge >= 0.3 is 0 Å². The Bertz CT molecular complexity index is 1230. The number of halogens is 1. The number of para-hydroxylation sites is 1. The minimum absolute atomic E-state index is 0.114. The van der Waals surface area contributed by atoms with Crippen LogP contribution < -0.4 is 10.1 Å². The number of rotatable bonds is 2. The van der Waals surface area contributed by atoms with Crippen LogP contribution in [0.2, 0.25) is 0 Å². The molecule has 0 bridgehead atoms. The number of nitrogens with one attached hydrogen (secondary N) is 1. The van der Waals surface area contributed by atoms with Crippen molar-refractivity contribution in [3.8, 4) is 5.75 Å². The molecule has 0 saturated heterocycles. The smallest absolute Gasteiger partial charge is 0.226 e. The van der Waals surface area contributed by atoms with Crippen LogP contribution >= 0.6 is 27.3 Å². The third-order valence-corrected chi connectivity index (χ3v) is 6.75. The quantitative estimate of drug-likeness (QED) is 0.417. The number of anilines is 1. The van der Waals surface area contributed by atoms with Crippen LogP contribution in [-0.4, -0.2) is 14.8 Å². The molecule has 142 valence electrons. The summed E-state index contributed by atoms with van der Waals surface area (Å²) in [5.74, 6) is 1.61. The summed E-state index contributed by atoms with van der Waals surface area (Å²) in [7, 11) is 0. The number of ether oxygens (including phenoxy) is 1. The molecule has 2 atom stereocenters. The van der Waals surface area contributed by atoms with Crippen molar-refractivity contribution in [1.29, 1.82) is 0 Å². The molecule has 4 heterocycles. The van der Waals surface area contributed by atoms with E-state index in [0.717, 1.165) is 38.6 Å². The second-order valence-corrected chi connectivity index (χ2v) is 8.84. The monoisotopic (exact) mass is 462 g/mol. The summed E-state index contributed by atoms with van der Waals surface area (Å²) in [4.78, 5) is 5.63. The fraction of sp³-hybridized carbons (Fsp3) is 0.0909. The summed E-state index contributed by atoms with van der Waals surface area (Å²) in [5, 5.41) is 10.2. The van der Waals surface area contributed by atoms with Crippen LogP contribution in [0.25, 0.3) is 5.70 Å². The highest BCUT2D eigenvalue weighted by atomic mass is 79.9. The van der Waals surface area contributed by atoms with Crippen molar-refractivity contribution in [2.45, 2.75) is 12.1 Å². The number of hydrogen-bond donors (Lipinski definition) is 1. The SMILES string of the molecule is Brc1ccc([C@H]2C3=C(Nc4ncnn42)c2ccccc2O[C@@H]3c2cccs2)cc1. The van der Waals surface area contributed by atoms with Gasteiger partial charge in [-0.3, -0.25) is 0 Å². The predicted octanol–water partition coefficient (Wildman–Crippen LogP) is 5.66. The minimum Gasteiger partial charge on any atom is -0.480 e. The molecule has 2 aromatic heterocycles. The number of nitrogens with zero attached hydrogens (tertiary/aromatic N) is 3. The molecule has 0 spiro atoms. The van der Waals surface area contributed by atoms with Crippen LogP contribution in [0.4, 0.5) is 5.95 Å². The second kappa shape index (κ2) is 6.57. The van der Waals surface area contributed by atoms with Crippen molar-refractivity contribution in [3.05, 3.63) is 98.4 Å². The molecule has 0 saturated carbocycles. The van der Waals surface area contributed by atoms with E-state index in [1.54, 1.807) is 17.7 Å². The van der Waals surface area contributed by atoms with Gasteiger partial charge in [0, 0.05) is 20.5 Å². The average Bonchev–Trinajstić information content (AvgIpc) is 3.44. The molecule has 0 radical (unpaired) electrons. The highest BCUT2D eigenvalue weighted by molar-refractivity contribution is 9.10. The summed E-state index contributed by atoms with van der Waals surface area (Å²) < 4.78 is 9.54. The first-order valence-electron chi connectivity index (χ1n) is 9.25. The summed E-state index contributed by atoms with van der Waals surface area (Å²) in [6, 6.07) is 20.6. The van der Waals surface area contributed by atoms with E-state index in [-0.39, 0.29) is 12.1 Å². The standard InChI is InChI=1S/C22H15BrN4OS/c23-14-9-7-13(8-10-14)20-18-19(26-22-24-12-25-27(20)22)15-4-1-2-5-16(15)28-21(18)17-6-3-11-29-17/h1-12,20-21H,(H,24,25,26)/t20-,21+/m0/s1. The Hall–Kier alpha value is -2.90. The normalized spacial score (nSPS) is 19.6. The van der Waals surface area contributed by atoms with E-state index < -0.39 is 0 Å². The topological polar surface area (TPSA) is 52.0 Å². The first kappa shape index (κ1) is 17.0. The second-order valence-electron chi connectivity index (χ2n) is 6.95. The first-order valence-corrected chi connectivity index (χ1v) is 10.9. The predicted molar refractivity (Wildman–Crippen MR) is 117 cm³/mol. The van der Waals surface area contributed by atoms with Crippen molar-refractivity contribution in [1.82, 2.24) is 14.8 Å². The molecular formula is C22H15BrN4OS. The molecule has 29 heavy (non-hydrogen) atoms. The summed E-state index contributed by atoms with van der Waals surface area (Å²) >= 11 is 5.25. The van der Waals surface area contributed by atoms with E-state index in [9.17, 15) is 0 Å². The van der Waals surface area contributed by atoms with E-state index in [2.05, 4.69) is 79.2 Å². The molecule has 0 unspecified atom stereocenters. The molecule has 1 N–H and O–H groups in total. The number of thiophene rings is 1. The van der Waals surface area contributed by atoms with E-state index in [0.29, 0.717) is 0 Å². The van der Waals surface area contributed by atoms with Crippen LogP contribution in [-0.2, 0) is 0 Å². The lowest BCUT2D eigenvalue weighted by molar-refractivity contribution is 0.226. The molecule has 7 heteroatoms. The summed E-state index contributed by atoms with van der Waals surface area (Å²) in [5.41, 5.74) is 4.38. The van der Waals surface area contributed by atoms with Gasteiger partial charge in [-0.25, -0.2) is 4.68 Å². The van der Waals surface area contributed by atoms with Crippen molar-refractivity contribution >= 4 is 38.9 Å². The lowest BCUT2D eigenvalue weighted by atomic mass is 9.87. The van der Waals surface area contributed by atoms with Gasteiger partial charge in [0.15, 0.2) is 6.10 Å². The zero-order valence-corrected chi connectivity index (χ0v) is 17.5. The zero-order valence-electron chi connectivity index (χ0n) is 15.1. The van der Waals surface area contributed by atoms with Crippen LogP contribution in [0.3, 0.4) is 0 Å². The Kier molecular flexibility index (Phi) is 3.85. The molecule has 2 aliphatic heterocycles. The fourth-order valence-electron chi connectivity index (χ4n) is 4.06. The van der Waals surface area contributed by atoms with Gasteiger partial charge in [0.2, 0.25) is 5.95 Å². The van der Waals surface area contributed by atoms with Gasteiger partial charge in [-0.15, -0.1) is 11.3 Å². The van der Waals surface area contributed by atoms with E-state index in [1.165, 1.54) is 4.88 Å². The maximum Gasteiger partial charge on any atom is 0.226 e. The number of aromatic nitrogens is 3. The van der Waals surface area contributed by atoms with Crippen LogP contribution in [0.1, 0.15) is 28.1 Å². The molecule has 6 rings (SSSR count). The fourth-order valence-corrected chi connectivity index (χ4v) is 5.10. The average molecular weight is 463 g/mol. The highest BCUT2D eigenvalue weighted by Gasteiger charge is 2.41. The lowest BCUT2D eigenvalue weighted by Crippen LogP contribution is -2.32. The van der Waals surface area contributed by atoms with Gasteiger partial charge in [0.1, 0.15) is 18.1 Å². The number of benzene rings is 2. The molecule has 0 fully saturated rings. The van der Waals surface area contributed by atoms with E-state index >= 15 is 0 Å². The van der Waals surface area contributed by atoms with E-state index in [1.807, 2.05) is 22.9 Å². The Labute approximate surface area is 179 Å². The van der Waals surface area contributed by atoms with Gasteiger partial charge in [-0.1, -0.05) is 46.3 Å². The number of hydrogen-bond acceptors (Lipinski definition) is 5. The van der Waals surface area contributed by atoms with Crippen LogP contribution in [0.5, 0.6) is 5.75 Å². The van der Waals surface area contributed by atoms with Crippen molar-refractivity contribution in [2.24, 2.45) is 0 Å². The Balaban J connectivity index is 1.64.